The second kappa shape index (κ2) is 8.37. The summed E-state index contributed by atoms with van der Waals surface area (Å²) in [6.45, 7) is 4.84. The largest absolute Gasteiger partial charge is 0.486 e. The third-order valence-corrected chi connectivity index (χ3v) is 4.60. The van der Waals surface area contributed by atoms with Crippen LogP contribution in [0.5, 0.6) is 11.5 Å². The number of ether oxygens (including phenoxy) is 2. The molecule has 0 unspecified atom stereocenters. The first-order valence-corrected chi connectivity index (χ1v) is 9.38. The molecule has 8 heteroatoms. The number of carbonyl (C=O) groups is 1. The van der Waals surface area contributed by atoms with Gasteiger partial charge in [-0.25, -0.2) is 4.79 Å². The van der Waals surface area contributed by atoms with Gasteiger partial charge in [0.1, 0.15) is 29.6 Å². The van der Waals surface area contributed by atoms with Gasteiger partial charge in [0.25, 0.3) is 0 Å². The Kier molecular flexibility index (Phi) is 6.01. The van der Waals surface area contributed by atoms with Gasteiger partial charge in [-0.15, -0.1) is 0 Å². The van der Waals surface area contributed by atoms with Crippen LogP contribution in [0.25, 0.3) is 11.3 Å². The van der Waals surface area contributed by atoms with Crippen LogP contribution >= 0.6 is 0 Å². The zero-order valence-electron chi connectivity index (χ0n) is 17.1. The van der Waals surface area contributed by atoms with E-state index in [-0.39, 0.29) is 6.61 Å². The zero-order chi connectivity index (χ0) is 22.8. The van der Waals surface area contributed by atoms with Gasteiger partial charge in [-0.2, -0.15) is 13.2 Å². The summed E-state index contributed by atoms with van der Waals surface area (Å²) in [5, 5.41) is 9.12. The van der Waals surface area contributed by atoms with Crippen molar-refractivity contribution in [2.75, 3.05) is 0 Å². The quantitative estimate of drug-likeness (QED) is 0.487. The molecule has 0 aliphatic carbocycles. The van der Waals surface area contributed by atoms with E-state index < -0.39 is 23.3 Å². The van der Waals surface area contributed by atoms with Crippen molar-refractivity contribution in [1.82, 2.24) is 0 Å². The van der Waals surface area contributed by atoms with Crippen LogP contribution < -0.4 is 9.47 Å². The van der Waals surface area contributed by atoms with Crippen molar-refractivity contribution in [3.8, 4) is 22.8 Å². The van der Waals surface area contributed by atoms with Gasteiger partial charge in [0.2, 0.25) is 0 Å². The Bertz CT molecular complexity index is 1050. The van der Waals surface area contributed by atoms with Gasteiger partial charge >= 0.3 is 12.1 Å². The molecule has 2 aromatic carbocycles. The molecule has 5 nitrogen and oxygen atoms in total. The lowest BCUT2D eigenvalue weighted by molar-refractivity contribution is -0.152. The number of carboxylic acids is 1. The number of aryl methyl sites for hydroxylation is 1. The fourth-order valence-corrected chi connectivity index (χ4v) is 2.72. The lowest BCUT2D eigenvalue weighted by Gasteiger charge is -2.21. The second-order valence-corrected chi connectivity index (χ2v) is 7.47. The SMILES string of the molecule is Cc1cc(-c2ccc(C(F)(F)F)cc2)oc1COc1ccc(OC(C)(C)C(=O)O)cc1. The minimum atomic E-state index is -4.39. The van der Waals surface area contributed by atoms with Crippen molar-refractivity contribution >= 4 is 5.97 Å². The van der Waals surface area contributed by atoms with Gasteiger partial charge in [-0.05, 0) is 68.8 Å². The highest BCUT2D eigenvalue weighted by atomic mass is 19.4. The highest BCUT2D eigenvalue weighted by Gasteiger charge is 2.30. The molecule has 0 radical (unpaired) electrons. The van der Waals surface area contributed by atoms with Gasteiger partial charge in [0, 0.05) is 5.56 Å². The van der Waals surface area contributed by atoms with Crippen molar-refractivity contribution in [1.29, 1.82) is 0 Å². The van der Waals surface area contributed by atoms with Crippen molar-refractivity contribution in [3.05, 3.63) is 71.5 Å². The highest BCUT2D eigenvalue weighted by molar-refractivity contribution is 5.76. The number of rotatable bonds is 7. The predicted molar refractivity (Wildman–Crippen MR) is 107 cm³/mol. The van der Waals surface area contributed by atoms with E-state index in [1.807, 2.05) is 6.92 Å². The molecular formula is C23H21F3O5. The summed E-state index contributed by atoms with van der Waals surface area (Å²) in [6, 6.07) is 13.0. The summed E-state index contributed by atoms with van der Waals surface area (Å²) in [6.07, 6.45) is -4.39. The van der Waals surface area contributed by atoms with Crippen LogP contribution in [0.3, 0.4) is 0 Å². The monoisotopic (exact) mass is 434 g/mol. The summed E-state index contributed by atoms with van der Waals surface area (Å²) in [5.41, 5.74) is -0.743. The number of benzene rings is 2. The molecule has 0 bridgehead atoms. The number of aliphatic carboxylic acids is 1. The van der Waals surface area contributed by atoms with E-state index in [0.717, 1.165) is 17.7 Å². The molecule has 0 saturated carbocycles. The number of hydrogen-bond acceptors (Lipinski definition) is 4. The molecule has 0 amide bonds. The van der Waals surface area contributed by atoms with Crippen molar-refractivity contribution < 1.29 is 37.0 Å². The molecular weight excluding hydrogens is 413 g/mol. The standard InChI is InChI=1S/C23H21F3O5/c1-14-12-19(15-4-6-16(7-5-15)23(24,25)26)30-20(14)13-29-17-8-10-18(11-9-17)31-22(2,3)21(27)28/h4-12H,13H2,1-3H3,(H,27,28). The Hall–Kier alpha value is -3.42. The van der Waals surface area contributed by atoms with Crippen LogP contribution in [0.1, 0.15) is 30.7 Å². The lowest BCUT2D eigenvalue weighted by Crippen LogP contribution is -2.37. The molecule has 0 aliphatic heterocycles. The fraction of sp³-hybridized carbons (Fsp3) is 0.261. The molecule has 0 saturated heterocycles. The van der Waals surface area contributed by atoms with E-state index in [1.54, 1.807) is 30.3 Å². The average Bonchev–Trinajstić information content (AvgIpc) is 3.07. The Morgan fingerprint density at radius 3 is 2.13 bits per heavy atom. The lowest BCUT2D eigenvalue weighted by atomic mass is 10.1. The topological polar surface area (TPSA) is 68.9 Å². The van der Waals surface area contributed by atoms with Crippen LogP contribution in [0.2, 0.25) is 0 Å². The fourth-order valence-electron chi connectivity index (χ4n) is 2.72. The van der Waals surface area contributed by atoms with Crippen LogP contribution in [0.15, 0.2) is 59.0 Å². The molecule has 0 atom stereocenters. The number of hydrogen-bond donors (Lipinski definition) is 1. The summed E-state index contributed by atoms with van der Waals surface area (Å²) >= 11 is 0. The maximum atomic E-state index is 12.7. The van der Waals surface area contributed by atoms with Crippen molar-refractivity contribution in [3.63, 3.8) is 0 Å². The van der Waals surface area contributed by atoms with E-state index in [4.69, 9.17) is 19.0 Å². The van der Waals surface area contributed by atoms with Gasteiger partial charge < -0.3 is 19.0 Å². The molecule has 0 spiro atoms. The van der Waals surface area contributed by atoms with Crippen LogP contribution in [0, 0.1) is 6.92 Å². The Morgan fingerprint density at radius 2 is 1.58 bits per heavy atom. The Morgan fingerprint density at radius 1 is 1.00 bits per heavy atom. The number of carboxylic acid groups (broad SMARTS) is 1. The molecule has 3 aromatic rings. The molecule has 164 valence electrons. The predicted octanol–water partition coefficient (Wildman–Crippen LogP) is 6.09. The summed E-state index contributed by atoms with van der Waals surface area (Å²) < 4.78 is 55.1. The summed E-state index contributed by atoms with van der Waals surface area (Å²) in [5.74, 6) is 0.822. The van der Waals surface area contributed by atoms with Gasteiger partial charge in [-0.3, -0.25) is 0 Å². The van der Waals surface area contributed by atoms with Gasteiger partial charge in [-0.1, -0.05) is 12.1 Å². The van der Waals surface area contributed by atoms with Crippen LogP contribution in [0.4, 0.5) is 13.2 Å². The van der Waals surface area contributed by atoms with E-state index in [0.29, 0.717) is 28.6 Å². The number of furan rings is 1. The van der Waals surface area contributed by atoms with Crippen molar-refractivity contribution in [2.24, 2.45) is 0 Å². The van der Waals surface area contributed by atoms with E-state index in [2.05, 4.69) is 0 Å². The smallest absolute Gasteiger partial charge is 0.416 e. The molecule has 31 heavy (non-hydrogen) atoms. The summed E-state index contributed by atoms with van der Waals surface area (Å²) in [7, 11) is 0. The minimum absolute atomic E-state index is 0.118. The molecule has 1 aromatic heterocycles. The minimum Gasteiger partial charge on any atom is -0.486 e. The highest BCUT2D eigenvalue weighted by Crippen LogP contribution is 2.32. The van der Waals surface area contributed by atoms with Gasteiger partial charge in [0.15, 0.2) is 5.60 Å². The van der Waals surface area contributed by atoms with E-state index >= 15 is 0 Å². The van der Waals surface area contributed by atoms with E-state index in [1.165, 1.54) is 26.0 Å². The molecule has 0 fully saturated rings. The molecule has 3 rings (SSSR count). The van der Waals surface area contributed by atoms with E-state index in [9.17, 15) is 18.0 Å². The third kappa shape index (κ3) is 5.39. The maximum Gasteiger partial charge on any atom is 0.416 e. The number of alkyl halides is 3. The normalized spacial score (nSPS) is 11.9. The molecule has 1 N–H and O–H groups in total. The maximum absolute atomic E-state index is 12.7. The molecule has 0 aliphatic rings. The van der Waals surface area contributed by atoms with Crippen LogP contribution in [-0.2, 0) is 17.6 Å². The number of halogens is 3. The van der Waals surface area contributed by atoms with Crippen LogP contribution in [-0.4, -0.2) is 16.7 Å². The Labute approximate surface area is 177 Å². The molecule has 1 heterocycles. The van der Waals surface area contributed by atoms with Crippen molar-refractivity contribution in [2.45, 2.75) is 39.2 Å². The first-order valence-electron chi connectivity index (χ1n) is 9.38. The second-order valence-electron chi connectivity index (χ2n) is 7.47. The zero-order valence-corrected chi connectivity index (χ0v) is 17.1. The van der Waals surface area contributed by atoms with Gasteiger partial charge in [0.05, 0.1) is 5.56 Å². The summed E-state index contributed by atoms with van der Waals surface area (Å²) in [4.78, 5) is 11.1. The Balaban J connectivity index is 1.65. The first-order chi connectivity index (χ1) is 14.5. The average molecular weight is 434 g/mol. The third-order valence-electron chi connectivity index (χ3n) is 4.60. The first kappa shape index (κ1) is 22.3.